The van der Waals surface area contributed by atoms with Crippen LogP contribution in [-0.4, -0.2) is 17.6 Å². The zero-order chi connectivity index (χ0) is 22.0. The van der Waals surface area contributed by atoms with Gasteiger partial charge in [0.2, 0.25) is 5.88 Å². The number of ether oxygens (including phenoxy) is 2. The van der Waals surface area contributed by atoms with Crippen LogP contribution in [0.2, 0.25) is 0 Å². The molecule has 31 heavy (non-hydrogen) atoms. The summed E-state index contributed by atoms with van der Waals surface area (Å²) in [5.41, 5.74) is 9.92. The van der Waals surface area contributed by atoms with Crippen LogP contribution >= 0.6 is 0 Å². The Kier molecular flexibility index (Phi) is 5.42. The Hall–Kier alpha value is -4.11. The minimum absolute atomic E-state index is 0.230. The Morgan fingerprint density at radius 1 is 1.16 bits per heavy atom. The Morgan fingerprint density at radius 3 is 2.42 bits per heavy atom. The summed E-state index contributed by atoms with van der Waals surface area (Å²) < 4.78 is 11.3. The molecule has 0 bridgehead atoms. The lowest BCUT2D eigenvalue weighted by Gasteiger charge is -2.30. The van der Waals surface area contributed by atoms with Gasteiger partial charge in [-0.3, -0.25) is 0 Å². The second-order valence-electron chi connectivity index (χ2n) is 7.08. The predicted molar refractivity (Wildman–Crippen MR) is 117 cm³/mol. The molecule has 0 amide bonds. The van der Waals surface area contributed by atoms with Crippen LogP contribution in [0.1, 0.15) is 36.5 Å². The molecule has 0 radical (unpaired) electrons. The van der Waals surface area contributed by atoms with Crippen molar-refractivity contribution in [1.29, 1.82) is 5.26 Å². The van der Waals surface area contributed by atoms with Crippen molar-refractivity contribution in [3.63, 3.8) is 0 Å². The Balaban J connectivity index is 2.00. The number of hydrogen-bond acceptors (Lipinski definition) is 6. The highest BCUT2D eigenvalue weighted by Crippen LogP contribution is 2.47. The number of nitrogen functional groups attached to an aromatic ring is 1. The summed E-state index contributed by atoms with van der Waals surface area (Å²) in [6, 6.07) is 21.0. The molecule has 6 nitrogen and oxygen atoms in total. The van der Waals surface area contributed by atoms with Gasteiger partial charge in [0, 0.05) is 5.56 Å². The summed E-state index contributed by atoms with van der Waals surface area (Å²) in [6.07, 6.45) is 0. The minimum Gasteiger partial charge on any atom is -0.463 e. The molecule has 1 unspecified atom stereocenters. The molecule has 1 aromatic heterocycles. The third-order valence-electron chi connectivity index (χ3n) is 5.23. The first-order valence-corrected chi connectivity index (χ1v) is 9.96. The standard InChI is InChI=1S/C25H21N3O3/c1-3-30-25(29)19-15(2)31-24-21(20(19)16-10-6-4-7-11-16)22(27)18(14-26)23(28-24)17-12-8-5-9-13-17/h4-13,20H,3H2,1-2H3,(H2,27,28). The van der Waals surface area contributed by atoms with Gasteiger partial charge in [-0.25, -0.2) is 9.78 Å². The second-order valence-corrected chi connectivity index (χ2v) is 7.08. The van der Waals surface area contributed by atoms with E-state index in [1.165, 1.54) is 0 Å². The molecule has 1 aliphatic heterocycles. The summed E-state index contributed by atoms with van der Waals surface area (Å²) in [4.78, 5) is 17.5. The van der Waals surface area contributed by atoms with E-state index in [-0.39, 0.29) is 23.7 Å². The lowest BCUT2D eigenvalue weighted by molar-refractivity contribution is -0.139. The van der Waals surface area contributed by atoms with E-state index >= 15 is 0 Å². The molecule has 0 aliphatic carbocycles. The molecule has 0 saturated heterocycles. The van der Waals surface area contributed by atoms with E-state index in [9.17, 15) is 10.1 Å². The average molecular weight is 411 g/mol. The van der Waals surface area contributed by atoms with E-state index in [0.29, 0.717) is 22.6 Å². The van der Waals surface area contributed by atoms with Gasteiger partial charge in [-0.2, -0.15) is 5.26 Å². The smallest absolute Gasteiger partial charge is 0.338 e. The molecule has 0 fully saturated rings. The number of pyridine rings is 1. The number of esters is 1. The summed E-state index contributed by atoms with van der Waals surface area (Å²) in [6.45, 7) is 3.69. The maximum Gasteiger partial charge on any atom is 0.338 e. The SMILES string of the molecule is CCOC(=O)C1=C(C)Oc2nc(-c3ccccc3)c(C#N)c(N)c2C1c1ccccc1. The first kappa shape index (κ1) is 20.2. The van der Waals surface area contributed by atoms with Gasteiger partial charge in [-0.1, -0.05) is 60.7 Å². The van der Waals surface area contributed by atoms with Gasteiger partial charge >= 0.3 is 5.97 Å². The van der Waals surface area contributed by atoms with Crippen LogP contribution in [-0.2, 0) is 9.53 Å². The van der Waals surface area contributed by atoms with Crippen LogP contribution < -0.4 is 10.5 Å². The van der Waals surface area contributed by atoms with Crippen LogP contribution in [0.25, 0.3) is 11.3 Å². The maximum absolute atomic E-state index is 12.9. The number of carbonyl (C=O) groups is 1. The van der Waals surface area contributed by atoms with Crippen molar-refractivity contribution in [2.24, 2.45) is 0 Å². The van der Waals surface area contributed by atoms with Gasteiger partial charge < -0.3 is 15.2 Å². The molecule has 6 heteroatoms. The van der Waals surface area contributed by atoms with E-state index < -0.39 is 11.9 Å². The number of benzene rings is 2. The maximum atomic E-state index is 12.9. The Labute approximate surface area is 180 Å². The van der Waals surface area contributed by atoms with Crippen LogP contribution in [0.4, 0.5) is 5.69 Å². The third kappa shape index (κ3) is 3.51. The number of fused-ring (bicyclic) bond motifs is 1. The zero-order valence-electron chi connectivity index (χ0n) is 17.3. The molecule has 2 N–H and O–H groups in total. The highest BCUT2D eigenvalue weighted by atomic mass is 16.5. The van der Waals surface area contributed by atoms with Crippen molar-refractivity contribution >= 4 is 11.7 Å². The second kappa shape index (κ2) is 8.33. The van der Waals surface area contributed by atoms with E-state index in [4.69, 9.17) is 15.2 Å². The van der Waals surface area contributed by atoms with Crippen LogP contribution in [0.3, 0.4) is 0 Å². The number of aromatic nitrogens is 1. The normalized spacial score (nSPS) is 14.9. The number of anilines is 1. The topological polar surface area (TPSA) is 98.2 Å². The molecule has 154 valence electrons. The van der Waals surface area contributed by atoms with Crippen molar-refractivity contribution in [3.8, 4) is 23.2 Å². The van der Waals surface area contributed by atoms with Gasteiger partial charge in [0.25, 0.3) is 0 Å². The van der Waals surface area contributed by atoms with Gasteiger partial charge in [-0.05, 0) is 19.4 Å². The fraction of sp³-hybridized carbons (Fsp3) is 0.160. The Bertz CT molecular complexity index is 1210. The van der Waals surface area contributed by atoms with Crippen LogP contribution in [0.15, 0.2) is 72.0 Å². The predicted octanol–water partition coefficient (Wildman–Crippen LogP) is 4.56. The molecule has 2 heterocycles. The van der Waals surface area contributed by atoms with Gasteiger partial charge in [0.15, 0.2) is 0 Å². The van der Waals surface area contributed by atoms with Gasteiger partial charge in [0.05, 0.1) is 35.0 Å². The van der Waals surface area contributed by atoms with Crippen molar-refractivity contribution in [2.45, 2.75) is 19.8 Å². The van der Waals surface area contributed by atoms with Crippen molar-refractivity contribution in [2.75, 3.05) is 12.3 Å². The number of allylic oxidation sites excluding steroid dienone is 1. The van der Waals surface area contributed by atoms with E-state index in [1.807, 2.05) is 60.7 Å². The van der Waals surface area contributed by atoms with Gasteiger partial charge in [-0.15, -0.1) is 0 Å². The number of rotatable bonds is 4. The molecular formula is C25H21N3O3. The number of nitriles is 1. The lowest BCUT2D eigenvalue weighted by Crippen LogP contribution is -2.25. The van der Waals surface area contributed by atoms with Crippen LogP contribution in [0.5, 0.6) is 5.88 Å². The average Bonchev–Trinajstić information content (AvgIpc) is 2.79. The highest BCUT2D eigenvalue weighted by Gasteiger charge is 2.38. The highest BCUT2D eigenvalue weighted by molar-refractivity contribution is 5.94. The first-order chi connectivity index (χ1) is 15.1. The first-order valence-electron chi connectivity index (χ1n) is 9.96. The zero-order valence-corrected chi connectivity index (χ0v) is 17.3. The summed E-state index contributed by atoms with van der Waals surface area (Å²) in [5.74, 6) is -0.358. The third-order valence-corrected chi connectivity index (χ3v) is 5.23. The number of nitrogens with zero attached hydrogens (tertiary/aromatic N) is 2. The number of carbonyl (C=O) groups excluding carboxylic acids is 1. The summed E-state index contributed by atoms with van der Waals surface area (Å²) >= 11 is 0. The van der Waals surface area contributed by atoms with Crippen LogP contribution in [0, 0.1) is 11.3 Å². The summed E-state index contributed by atoms with van der Waals surface area (Å²) in [7, 11) is 0. The quantitative estimate of drug-likeness (QED) is 0.632. The molecule has 0 spiro atoms. The fourth-order valence-corrected chi connectivity index (χ4v) is 3.87. The molecular weight excluding hydrogens is 390 g/mol. The lowest BCUT2D eigenvalue weighted by atomic mass is 9.81. The number of nitrogens with two attached hydrogens (primary N) is 1. The number of hydrogen-bond donors (Lipinski definition) is 1. The van der Waals surface area contributed by atoms with E-state index in [1.54, 1.807) is 13.8 Å². The molecule has 1 atom stereocenters. The molecule has 2 aromatic carbocycles. The molecule has 4 rings (SSSR count). The van der Waals surface area contributed by atoms with E-state index in [0.717, 1.165) is 11.1 Å². The monoisotopic (exact) mass is 411 g/mol. The van der Waals surface area contributed by atoms with Gasteiger partial charge in [0.1, 0.15) is 17.4 Å². The fourth-order valence-electron chi connectivity index (χ4n) is 3.87. The molecule has 1 aliphatic rings. The van der Waals surface area contributed by atoms with E-state index in [2.05, 4.69) is 11.1 Å². The molecule has 3 aromatic rings. The minimum atomic E-state index is -0.562. The molecule has 0 saturated carbocycles. The van der Waals surface area contributed by atoms with Crippen molar-refractivity contribution in [1.82, 2.24) is 4.98 Å². The largest absolute Gasteiger partial charge is 0.463 e. The summed E-state index contributed by atoms with van der Waals surface area (Å²) in [5, 5.41) is 9.92. The van der Waals surface area contributed by atoms with Crippen molar-refractivity contribution < 1.29 is 14.3 Å². The van der Waals surface area contributed by atoms with Crippen molar-refractivity contribution in [3.05, 3.63) is 88.7 Å². The Morgan fingerprint density at radius 2 is 1.81 bits per heavy atom.